The fourth-order valence-electron chi connectivity index (χ4n) is 1.22. The lowest BCUT2D eigenvalue weighted by Crippen LogP contribution is -2.35. The van der Waals surface area contributed by atoms with Crippen molar-refractivity contribution in [3.8, 4) is 0 Å². The van der Waals surface area contributed by atoms with Gasteiger partial charge in [-0.1, -0.05) is 47.3 Å². The van der Waals surface area contributed by atoms with Gasteiger partial charge in [0.15, 0.2) is 0 Å². The Kier molecular flexibility index (Phi) is 5.48. The van der Waals surface area contributed by atoms with Crippen LogP contribution in [0.4, 0.5) is 0 Å². The molecule has 0 atom stereocenters. The minimum Gasteiger partial charge on any atom is -0.536 e. The predicted octanol–water partition coefficient (Wildman–Crippen LogP) is 2.45. The van der Waals surface area contributed by atoms with Crippen molar-refractivity contribution in [3.63, 3.8) is 0 Å². The molecule has 0 spiro atoms. The maximum Gasteiger partial charge on any atom is 0.104 e. The molecule has 0 saturated carbocycles. The fourth-order valence-corrected chi connectivity index (χ4v) is 4.02. The maximum atomic E-state index is 12.1. The quantitative estimate of drug-likeness (QED) is 0.856. The molecule has 1 aromatic carbocycles. The Morgan fingerprint density at radius 2 is 1.58 bits per heavy atom. The number of hydrogen-bond donors (Lipinski definition) is 2. The summed E-state index contributed by atoms with van der Waals surface area (Å²) in [5.74, 6) is 0. The van der Waals surface area contributed by atoms with Gasteiger partial charge in [0.05, 0.1) is 14.9 Å². The first-order chi connectivity index (χ1) is 8.65. The molecule has 0 fully saturated rings. The minimum atomic E-state index is -4.24. The lowest BCUT2D eigenvalue weighted by Gasteiger charge is -2.39. The molecule has 1 rings (SSSR count). The highest BCUT2D eigenvalue weighted by Gasteiger charge is 2.22. The molecule has 0 unspecified atom stereocenters. The van der Waals surface area contributed by atoms with Crippen LogP contribution in [0.1, 0.15) is 6.92 Å². The third kappa shape index (κ3) is 3.95. The summed E-state index contributed by atoms with van der Waals surface area (Å²) in [7, 11) is -4.24. The van der Waals surface area contributed by atoms with E-state index in [1.807, 2.05) is 0 Å². The first kappa shape index (κ1) is 17.0. The van der Waals surface area contributed by atoms with Crippen molar-refractivity contribution < 1.29 is 18.6 Å². The zero-order chi connectivity index (χ0) is 14.8. The normalized spacial score (nSPS) is 12.7. The van der Waals surface area contributed by atoms with E-state index < -0.39 is 33.7 Å². The first-order valence-corrected chi connectivity index (χ1v) is 7.58. The topological polar surface area (TPSA) is 88.7 Å². The molecule has 9 heteroatoms. The molecular formula is C10H11Cl3NO4S-. The lowest BCUT2D eigenvalue weighted by molar-refractivity contribution is 0.156. The van der Waals surface area contributed by atoms with Gasteiger partial charge in [-0.15, -0.1) is 0 Å². The molecule has 5 nitrogen and oxygen atoms in total. The van der Waals surface area contributed by atoms with Crippen molar-refractivity contribution in [1.29, 1.82) is 0 Å². The number of benzene rings is 1. The molecule has 0 aliphatic rings. The molecule has 0 aromatic heterocycles. The Hall–Kier alpha value is -0.0800. The molecule has 2 N–H and O–H groups in total. The summed E-state index contributed by atoms with van der Waals surface area (Å²) in [4.78, 5) is -0.409. The van der Waals surface area contributed by atoms with Gasteiger partial charge in [0.2, 0.25) is 0 Å². The molecule has 0 saturated heterocycles. The van der Waals surface area contributed by atoms with E-state index in [1.54, 1.807) is 0 Å². The van der Waals surface area contributed by atoms with Crippen LogP contribution in [-0.4, -0.2) is 37.4 Å². The molecule has 19 heavy (non-hydrogen) atoms. The van der Waals surface area contributed by atoms with E-state index in [4.69, 9.17) is 45.0 Å². The summed E-state index contributed by atoms with van der Waals surface area (Å²) in [5, 5.41) is 18.0. The Morgan fingerprint density at radius 1 is 1.16 bits per heavy atom. The second-order valence-electron chi connectivity index (χ2n) is 4.08. The van der Waals surface area contributed by atoms with Gasteiger partial charge in [-0.3, -0.25) is 0 Å². The lowest BCUT2D eigenvalue weighted by atomic mass is 10.1. The maximum absolute atomic E-state index is 12.1. The highest BCUT2D eigenvalue weighted by atomic mass is 35.5. The van der Waals surface area contributed by atoms with Crippen LogP contribution in [-0.2, 0) is 10.0 Å². The van der Waals surface area contributed by atoms with E-state index in [-0.39, 0.29) is 15.1 Å². The molecule has 108 valence electrons. The van der Waals surface area contributed by atoms with Gasteiger partial charge in [-0.25, -0.2) is 8.42 Å². The molecule has 0 aliphatic carbocycles. The van der Waals surface area contributed by atoms with E-state index in [2.05, 4.69) is 4.72 Å². The number of nitrogens with zero attached hydrogens (tertiary/aromatic N) is 1. The smallest absolute Gasteiger partial charge is 0.104 e. The van der Waals surface area contributed by atoms with Crippen molar-refractivity contribution in [3.05, 3.63) is 31.9 Å². The highest BCUT2D eigenvalue weighted by Crippen LogP contribution is 2.37. The monoisotopic (exact) mass is 346 g/mol. The van der Waals surface area contributed by atoms with Crippen molar-refractivity contribution >= 4 is 44.8 Å². The van der Waals surface area contributed by atoms with Gasteiger partial charge in [0.25, 0.3) is 0 Å². The zero-order valence-corrected chi connectivity index (χ0v) is 12.9. The zero-order valence-electron chi connectivity index (χ0n) is 9.77. The van der Waals surface area contributed by atoms with E-state index in [0.717, 1.165) is 0 Å². The Morgan fingerprint density at radius 3 is 1.95 bits per heavy atom. The summed E-state index contributed by atoms with van der Waals surface area (Å²) in [6, 6.07) is 2.43. The van der Waals surface area contributed by atoms with Gasteiger partial charge < -0.3 is 14.9 Å². The SMILES string of the molecule is CC(CO)(CO)[N-]S(=O)(=O)c1c(Cl)cc(Cl)cc1Cl. The molecule has 0 heterocycles. The van der Waals surface area contributed by atoms with Crippen molar-refractivity contribution in [2.75, 3.05) is 13.2 Å². The van der Waals surface area contributed by atoms with E-state index in [0.29, 0.717) is 0 Å². The van der Waals surface area contributed by atoms with Crippen LogP contribution in [0, 0.1) is 0 Å². The Bertz CT molecular complexity index is 549. The standard InChI is InChI=1S/C10H11Cl3NO4S/c1-10(4-15,5-16)14-19(17,18)9-7(12)2-6(11)3-8(9)13/h2-3,15-16H,4-5H2,1H3/q-1. The van der Waals surface area contributed by atoms with Crippen LogP contribution in [0.3, 0.4) is 0 Å². The van der Waals surface area contributed by atoms with Gasteiger partial charge >= 0.3 is 0 Å². The van der Waals surface area contributed by atoms with Crippen molar-refractivity contribution in [2.45, 2.75) is 17.4 Å². The molecule has 0 amide bonds. The van der Waals surface area contributed by atoms with Crippen LogP contribution in [0.25, 0.3) is 4.72 Å². The molecule has 0 aliphatic heterocycles. The predicted molar refractivity (Wildman–Crippen MR) is 74.6 cm³/mol. The third-order valence-corrected chi connectivity index (χ3v) is 4.92. The third-order valence-electron chi connectivity index (χ3n) is 2.24. The second-order valence-corrected chi connectivity index (χ2v) is 6.87. The van der Waals surface area contributed by atoms with Crippen LogP contribution < -0.4 is 0 Å². The van der Waals surface area contributed by atoms with Crippen molar-refractivity contribution in [2.24, 2.45) is 0 Å². The van der Waals surface area contributed by atoms with E-state index in [9.17, 15) is 8.42 Å². The molecule has 1 aromatic rings. The number of halogens is 3. The number of aliphatic hydroxyl groups excluding tert-OH is 2. The highest BCUT2D eigenvalue weighted by molar-refractivity contribution is 7.94. The largest absolute Gasteiger partial charge is 0.536 e. The minimum absolute atomic E-state index is 0.181. The van der Waals surface area contributed by atoms with Crippen LogP contribution in [0.2, 0.25) is 15.1 Å². The Labute approximate surface area is 126 Å². The summed E-state index contributed by atoms with van der Waals surface area (Å²) in [6.45, 7) is -0.0145. The van der Waals surface area contributed by atoms with E-state index >= 15 is 0 Å². The van der Waals surface area contributed by atoms with Crippen molar-refractivity contribution in [1.82, 2.24) is 0 Å². The number of hydrogen-bond acceptors (Lipinski definition) is 4. The number of sulfonamides is 1. The molecular weight excluding hydrogens is 337 g/mol. The van der Waals surface area contributed by atoms with Gasteiger partial charge in [-0.05, 0) is 12.1 Å². The van der Waals surface area contributed by atoms with Crippen LogP contribution in [0.15, 0.2) is 17.0 Å². The fraction of sp³-hybridized carbons (Fsp3) is 0.400. The second kappa shape index (κ2) is 6.13. The number of rotatable bonds is 5. The molecule has 0 radical (unpaired) electrons. The number of aliphatic hydroxyl groups is 2. The van der Waals surface area contributed by atoms with Gasteiger partial charge in [0.1, 0.15) is 10.0 Å². The summed E-state index contributed by atoms with van der Waals surface area (Å²) in [5.41, 5.74) is -1.55. The average molecular weight is 348 g/mol. The van der Waals surface area contributed by atoms with E-state index in [1.165, 1.54) is 19.1 Å². The summed E-state index contributed by atoms with van der Waals surface area (Å²) >= 11 is 17.3. The van der Waals surface area contributed by atoms with Gasteiger partial charge in [-0.2, -0.15) is 0 Å². The first-order valence-electron chi connectivity index (χ1n) is 5.00. The summed E-state index contributed by atoms with van der Waals surface area (Å²) < 4.78 is 27.7. The van der Waals surface area contributed by atoms with Gasteiger partial charge in [0, 0.05) is 18.2 Å². The average Bonchev–Trinajstić information content (AvgIpc) is 2.26. The molecule has 0 bridgehead atoms. The van der Waals surface area contributed by atoms with Crippen LogP contribution in [0.5, 0.6) is 0 Å². The Balaban J connectivity index is 3.29. The van der Waals surface area contributed by atoms with Crippen LogP contribution >= 0.6 is 34.8 Å². The summed E-state index contributed by atoms with van der Waals surface area (Å²) in [6.07, 6.45) is 0.